The molecule has 6 nitrogen and oxygen atoms in total. The second-order valence-electron chi connectivity index (χ2n) is 7.06. The van der Waals surface area contributed by atoms with E-state index in [0.29, 0.717) is 18.8 Å². The lowest BCUT2D eigenvalue weighted by molar-refractivity contribution is 0.0924. The molecule has 0 bridgehead atoms. The van der Waals surface area contributed by atoms with Gasteiger partial charge in [-0.2, -0.15) is 5.10 Å². The van der Waals surface area contributed by atoms with Gasteiger partial charge in [0.05, 0.1) is 6.54 Å². The van der Waals surface area contributed by atoms with Crippen LogP contribution in [0.3, 0.4) is 0 Å². The number of benzene rings is 2. The van der Waals surface area contributed by atoms with Crippen molar-refractivity contribution in [1.82, 2.24) is 20.1 Å². The van der Waals surface area contributed by atoms with Crippen molar-refractivity contribution in [3.63, 3.8) is 0 Å². The third-order valence-corrected chi connectivity index (χ3v) is 4.94. The van der Waals surface area contributed by atoms with Crippen molar-refractivity contribution in [3.8, 4) is 0 Å². The van der Waals surface area contributed by atoms with E-state index in [1.165, 1.54) is 6.33 Å². The van der Waals surface area contributed by atoms with Gasteiger partial charge in [0, 0.05) is 17.5 Å². The molecular weight excluding hydrogens is 352 g/mol. The number of aromatic nitrogens is 3. The fourth-order valence-corrected chi connectivity index (χ4v) is 3.49. The molecule has 2 aromatic carbocycles. The van der Waals surface area contributed by atoms with Crippen LogP contribution in [0.25, 0.3) is 11.0 Å². The van der Waals surface area contributed by atoms with E-state index in [4.69, 9.17) is 4.42 Å². The van der Waals surface area contributed by atoms with Gasteiger partial charge in [0.25, 0.3) is 5.91 Å². The number of aryl methyl sites for hydroxylation is 3. The second-order valence-corrected chi connectivity index (χ2v) is 7.06. The first-order chi connectivity index (χ1) is 13.5. The summed E-state index contributed by atoms with van der Waals surface area (Å²) in [6.45, 7) is 7.03. The van der Waals surface area contributed by atoms with E-state index in [0.717, 1.165) is 38.8 Å². The van der Waals surface area contributed by atoms with Crippen LogP contribution in [0.1, 0.15) is 38.4 Å². The van der Waals surface area contributed by atoms with E-state index in [1.807, 2.05) is 45.0 Å². The Morgan fingerprint density at radius 3 is 2.64 bits per heavy atom. The van der Waals surface area contributed by atoms with Gasteiger partial charge >= 0.3 is 0 Å². The van der Waals surface area contributed by atoms with Crippen molar-refractivity contribution in [2.75, 3.05) is 0 Å². The first-order valence-electron chi connectivity index (χ1n) is 9.20. The molecule has 0 aliphatic heterocycles. The van der Waals surface area contributed by atoms with Crippen LogP contribution >= 0.6 is 0 Å². The highest BCUT2D eigenvalue weighted by molar-refractivity contribution is 6.00. The molecule has 0 fully saturated rings. The Hall–Kier alpha value is -3.41. The van der Waals surface area contributed by atoms with Crippen LogP contribution in [0.2, 0.25) is 0 Å². The van der Waals surface area contributed by atoms with Crippen molar-refractivity contribution in [2.45, 2.75) is 33.9 Å². The zero-order valence-corrected chi connectivity index (χ0v) is 16.2. The van der Waals surface area contributed by atoms with E-state index in [2.05, 4.69) is 27.5 Å². The molecule has 2 aromatic heterocycles. The molecule has 0 saturated carbocycles. The van der Waals surface area contributed by atoms with Gasteiger partial charge < -0.3 is 9.73 Å². The summed E-state index contributed by atoms with van der Waals surface area (Å²) in [5.74, 6) is 0.181. The largest absolute Gasteiger partial charge is 0.450 e. The molecule has 0 aliphatic carbocycles. The SMILES string of the molecule is Cc1ccc(C)c2c(C)c(C(=O)NCc3cccc(Cn4cncn4)c3)oc12. The molecule has 142 valence electrons. The molecular formula is C22H22N4O2. The highest BCUT2D eigenvalue weighted by Crippen LogP contribution is 2.30. The molecule has 0 aliphatic rings. The Morgan fingerprint density at radius 2 is 1.89 bits per heavy atom. The number of nitrogens with one attached hydrogen (secondary N) is 1. The Labute approximate surface area is 163 Å². The van der Waals surface area contributed by atoms with E-state index in [9.17, 15) is 4.79 Å². The third-order valence-electron chi connectivity index (χ3n) is 4.94. The predicted octanol–water partition coefficient (Wildman–Crippen LogP) is 3.93. The lowest BCUT2D eigenvalue weighted by Gasteiger charge is -2.07. The maximum absolute atomic E-state index is 12.7. The number of furan rings is 1. The molecule has 2 heterocycles. The minimum absolute atomic E-state index is 0.200. The van der Waals surface area contributed by atoms with Crippen LogP contribution in [0.15, 0.2) is 53.5 Å². The van der Waals surface area contributed by atoms with Crippen molar-refractivity contribution in [2.24, 2.45) is 0 Å². The normalized spacial score (nSPS) is 11.1. The van der Waals surface area contributed by atoms with Gasteiger partial charge in [0.1, 0.15) is 18.2 Å². The summed E-state index contributed by atoms with van der Waals surface area (Å²) in [5, 5.41) is 8.13. The zero-order valence-electron chi connectivity index (χ0n) is 16.2. The Bertz CT molecular complexity index is 1140. The van der Waals surface area contributed by atoms with Crippen molar-refractivity contribution < 1.29 is 9.21 Å². The second kappa shape index (κ2) is 7.31. The summed E-state index contributed by atoms with van der Waals surface area (Å²) >= 11 is 0. The molecule has 0 unspecified atom stereocenters. The Kier molecular flexibility index (Phi) is 4.69. The topological polar surface area (TPSA) is 73.0 Å². The third kappa shape index (κ3) is 3.41. The predicted molar refractivity (Wildman–Crippen MR) is 107 cm³/mol. The average molecular weight is 374 g/mol. The number of carbonyl (C=O) groups excluding carboxylic acids is 1. The average Bonchev–Trinajstić information content (AvgIpc) is 3.31. The van der Waals surface area contributed by atoms with Crippen molar-refractivity contribution >= 4 is 16.9 Å². The van der Waals surface area contributed by atoms with Gasteiger partial charge in [0.2, 0.25) is 0 Å². The number of hydrogen-bond donors (Lipinski definition) is 1. The zero-order chi connectivity index (χ0) is 19.7. The van der Waals surface area contributed by atoms with Crippen molar-refractivity contribution in [1.29, 1.82) is 0 Å². The molecule has 0 spiro atoms. The molecule has 6 heteroatoms. The van der Waals surface area contributed by atoms with Gasteiger partial charge in [-0.1, -0.05) is 36.4 Å². The number of hydrogen-bond acceptors (Lipinski definition) is 4. The van der Waals surface area contributed by atoms with Gasteiger partial charge in [0.15, 0.2) is 5.76 Å². The number of rotatable bonds is 5. The fourth-order valence-electron chi connectivity index (χ4n) is 3.49. The van der Waals surface area contributed by atoms with Crippen LogP contribution in [0, 0.1) is 20.8 Å². The van der Waals surface area contributed by atoms with E-state index < -0.39 is 0 Å². The highest BCUT2D eigenvalue weighted by Gasteiger charge is 2.19. The van der Waals surface area contributed by atoms with Crippen LogP contribution in [0.5, 0.6) is 0 Å². The number of carbonyl (C=O) groups is 1. The van der Waals surface area contributed by atoms with Crippen LogP contribution in [0.4, 0.5) is 0 Å². The summed E-state index contributed by atoms with van der Waals surface area (Å²) < 4.78 is 7.69. The number of fused-ring (bicyclic) bond motifs is 1. The maximum Gasteiger partial charge on any atom is 0.287 e. The quantitative estimate of drug-likeness (QED) is 0.574. The fraction of sp³-hybridized carbons (Fsp3) is 0.227. The molecule has 4 rings (SSSR count). The Balaban J connectivity index is 1.51. The standard InChI is InChI=1S/C22H22N4O2/c1-14-7-8-15(2)20-19(14)16(3)21(28-20)22(27)24-10-17-5-4-6-18(9-17)11-26-13-23-12-25-26/h4-9,12-13H,10-11H2,1-3H3,(H,24,27). The number of amides is 1. The summed E-state index contributed by atoms with van der Waals surface area (Å²) in [4.78, 5) is 16.7. The van der Waals surface area contributed by atoms with Gasteiger partial charge in [-0.15, -0.1) is 0 Å². The molecule has 1 N–H and O–H groups in total. The van der Waals surface area contributed by atoms with Crippen LogP contribution < -0.4 is 5.32 Å². The van der Waals surface area contributed by atoms with Gasteiger partial charge in [-0.3, -0.25) is 4.79 Å². The Morgan fingerprint density at radius 1 is 1.11 bits per heavy atom. The van der Waals surface area contributed by atoms with Gasteiger partial charge in [-0.05, 0) is 43.0 Å². The van der Waals surface area contributed by atoms with Crippen molar-refractivity contribution in [3.05, 3.63) is 82.6 Å². The maximum atomic E-state index is 12.7. The summed E-state index contributed by atoms with van der Waals surface area (Å²) in [6, 6.07) is 12.1. The van der Waals surface area contributed by atoms with Crippen LogP contribution in [-0.2, 0) is 13.1 Å². The lowest BCUT2D eigenvalue weighted by atomic mass is 10.0. The van der Waals surface area contributed by atoms with E-state index in [1.54, 1.807) is 11.0 Å². The summed E-state index contributed by atoms with van der Waals surface area (Å²) in [6.07, 6.45) is 3.20. The first-order valence-corrected chi connectivity index (χ1v) is 9.20. The van der Waals surface area contributed by atoms with Gasteiger partial charge in [-0.25, -0.2) is 9.67 Å². The lowest BCUT2D eigenvalue weighted by Crippen LogP contribution is -2.23. The van der Waals surface area contributed by atoms with E-state index >= 15 is 0 Å². The monoisotopic (exact) mass is 374 g/mol. The molecule has 1 amide bonds. The molecule has 0 saturated heterocycles. The summed E-state index contributed by atoms with van der Waals surface area (Å²) in [7, 11) is 0. The minimum atomic E-state index is -0.200. The minimum Gasteiger partial charge on any atom is -0.450 e. The summed E-state index contributed by atoms with van der Waals surface area (Å²) in [5.41, 5.74) is 5.94. The molecule has 0 radical (unpaired) electrons. The molecule has 4 aromatic rings. The highest BCUT2D eigenvalue weighted by atomic mass is 16.3. The molecule has 0 atom stereocenters. The smallest absolute Gasteiger partial charge is 0.287 e. The van der Waals surface area contributed by atoms with Crippen LogP contribution in [-0.4, -0.2) is 20.7 Å². The first kappa shape index (κ1) is 18.0. The van der Waals surface area contributed by atoms with E-state index in [-0.39, 0.29) is 5.91 Å². The molecule has 28 heavy (non-hydrogen) atoms. The number of nitrogens with zero attached hydrogens (tertiary/aromatic N) is 3.